The number of anilines is 1. The molecule has 0 saturated heterocycles. The van der Waals surface area contributed by atoms with Gasteiger partial charge in [-0.25, -0.2) is 4.98 Å². The molecule has 27 heavy (non-hydrogen) atoms. The Kier molecular flexibility index (Phi) is 8.32. The van der Waals surface area contributed by atoms with Gasteiger partial charge in [-0.1, -0.05) is 29.3 Å². The number of fused-ring (bicyclic) bond motifs is 1. The Labute approximate surface area is 183 Å². The van der Waals surface area contributed by atoms with E-state index in [0.717, 1.165) is 11.5 Å². The van der Waals surface area contributed by atoms with Crippen LogP contribution in [-0.4, -0.2) is 45.7 Å². The number of hydrogen-bond donors (Lipinski definition) is 3. The number of nitrogens with one attached hydrogen (secondary N) is 3. The van der Waals surface area contributed by atoms with Crippen LogP contribution in [0.15, 0.2) is 41.7 Å². The third kappa shape index (κ3) is 5.81. The lowest BCUT2D eigenvalue weighted by Gasteiger charge is -2.12. The lowest BCUT2D eigenvalue weighted by molar-refractivity contribution is 0.765. The van der Waals surface area contributed by atoms with E-state index in [9.17, 15) is 0 Å². The van der Waals surface area contributed by atoms with E-state index < -0.39 is 0 Å². The molecule has 3 rings (SSSR count). The summed E-state index contributed by atoms with van der Waals surface area (Å²) in [6.07, 6.45) is 3.47. The van der Waals surface area contributed by atoms with Crippen molar-refractivity contribution in [1.29, 1.82) is 0 Å². The predicted molar refractivity (Wildman–Crippen MR) is 119 cm³/mol. The number of pyridine rings is 2. The van der Waals surface area contributed by atoms with Gasteiger partial charge in [0, 0.05) is 32.5 Å². The third-order valence-corrected chi connectivity index (χ3v) is 4.03. The molecule has 8 nitrogen and oxygen atoms in total. The highest BCUT2D eigenvalue weighted by Gasteiger charge is 2.06. The zero-order valence-corrected chi connectivity index (χ0v) is 18.3. The van der Waals surface area contributed by atoms with E-state index in [4.69, 9.17) is 23.2 Å². The summed E-state index contributed by atoms with van der Waals surface area (Å²) in [4.78, 5) is 8.34. The first-order chi connectivity index (χ1) is 12.7. The summed E-state index contributed by atoms with van der Waals surface area (Å²) in [5.74, 6) is 2.06. The van der Waals surface area contributed by atoms with Gasteiger partial charge >= 0.3 is 0 Å². The molecule has 3 heterocycles. The van der Waals surface area contributed by atoms with Crippen LogP contribution in [0.5, 0.6) is 0 Å². The van der Waals surface area contributed by atoms with Crippen LogP contribution >= 0.6 is 47.2 Å². The van der Waals surface area contributed by atoms with Gasteiger partial charge in [0.1, 0.15) is 5.82 Å². The Morgan fingerprint density at radius 1 is 1.19 bits per heavy atom. The molecule has 0 aliphatic heterocycles. The van der Waals surface area contributed by atoms with Gasteiger partial charge in [0.15, 0.2) is 17.4 Å². The highest BCUT2D eigenvalue weighted by atomic mass is 127. The summed E-state index contributed by atoms with van der Waals surface area (Å²) >= 11 is 11.9. The summed E-state index contributed by atoms with van der Waals surface area (Å²) in [6.45, 7) is 1.74. The van der Waals surface area contributed by atoms with E-state index >= 15 is 0 Å². The van der Waals surface area contributed by atoms with Gasteiger partial charge in [-0.05, 0) is 18.2 Å². The molecule has 0 unspecified atom stereocenters. The molecule has 144 valence electrons. The summed E-state index contributed by atoms with van der Waals surface area (Å²) in [7, 11) is 1.71. The van der Waals surface area contributed by atoms with Crippen molar-refractivity contribution in [3.8, 4) is 0 Å². The first-order valence-electron chi connectivity index (χ1n) is 7.95. The fraction of sp³-hybridized carbons (Fsp3) is 0.250. The molecule has 0 spiro atoms. The molecule has 0 saturated carbocycles. The van der Waals surface area contributed by atoms with Crippen molar-refractivity contribution in [1.82, 2.24) is 30.2 Å². The standard InChI is InChI=1S/C16H18Cl2N8.HI/c1-19-16(21-6-5-20-15-12(18)8-11(17)9-22-15)23-10-14-25-24-13-4-2-3-7-26(13)14;/h2-4,7-9H,5-6,10H2,1H3,(H,20,22)(H2,19,21,23);1H. The monoisotopic (exact) mass is 520 g/mol. The van der Waals surface area contributed by atoms with Gasteiger partial charge in [-0.2, -0.15) is 0 Å². The maximum atomic E-state index is 6.07. The van der Waals surface area contributed by atoms with Crippen molar-refractivity contribution in [2.75, 3.05) is 25.5 Å². The molecule has 0 bridgehead atoms. The van der Waals surface area contributed by atoms with Crippen molar-refractivity contribution >= 4 is 64.6 Å². The topological polar surface area (TPSA) is 91.5 Å². The minimum absolute atomic E-state index is 0. The van der Waals surface area contributed by atoms with Crippen LogP contribution in [0.25, 0.3) is 5.65 Å². The second-order valence-corrected chi connectivity index (χ2v) is 6.15. The normalized spacial score (nSPS) is 11.1. The summed E-state index contributed by atoms with van der Waals surface area (Å²) < 4.78 is 1.93. The maximum absolute atomic E-state index is 6.07. The summed E-state index contributed by atoms with van der Waals surface area (Å²) in [6, 6.07) is 7.42. The zero-order chi connectivity index (χ0) is 18.4. The Hall–Kier alpha value is -1.85. The molecule has 0 amide bonds. The Balaban J connectivity index is 0.00000261. The van der Waals surface area contributed by atoms with E-state index in [1.807, 2.05) is 28.8 Å². The Bertz CT molecular complexity index is 914. The summed E-state index contributed by atoms with van der Waals surface area (Å²) in [5.41, 5.74) is 0.809. The van der Waals surface area contributed by atoms with E-state index in [1.54, 1.807) is 19.3 Å². The van der Waals surface area contributed by atoms with Crippen LogP contribution in [0.4, 0.5) is 5.82 Å². The fourth-order valence-corrected chi connectivity index (χ4v) is 2.75. The van der Waals surface area contributed by atoms with E-state index in [1.165, 1.54) is 0 Å². The largest absolute Gasteiger partial charge is 0.367 e. The minimum Gasteiger partial charge on any atom is -0.367 e. The van der Waals surface area contributed by atoms with Crippen LogP contribution in [0.2, 0.25) is 10.0 Å². The molecule has 0 aliphatic rings. The number of aliphatic imine (C=N–C) groups is 1. The SMILES string of the molecule is CN=C(NCCNc1ncc(Cl)cc1Cl)NCc1nnc2ccccn12.I. The molecule has 0 fully saturated rings. The molecule has 0 aromatic carbocycles. The smallest absolute Gasteiger partial charge is 0.191 e. The number of hydrogen-bond acceptors (Lipinski definition) is 5. The van der Waals surface area contributed by atoms with Gasteiger partial charge in [-0.3, -0.25) is 9.39 Å². The molecule has 3 aromatic rings. The van der Waals surface area contributed by atoms with Gasteiger partial charge in [0.05, 0.1) is 16.6 Å². The maximum Gasteiger partial charge on any atom is 0.191 e. The first-order valence-corrected chi connectivity index (χ1v) is 8.71. The number of halogens is 3. The van der Waals surface area contributed by atoms with Crippen LogP contribution in [-0.2, 0) is 6.54 Å². The van der Waals surface area contributed by atoms with Crippen molar-refractivity contribution in [2.45, 2.75) is 6.54 Å². The minimum atomic E-state index is 0. The number of guanidine groups is 1. The highest BCUT2D eigenvalue weighted by Crippen LogP contribution is 2.21. The summed E-state index contributed by atoms with van der Waals surface area (Å²) in [5, 5.41) is 18.8. The van der Waals surface area contributed by atoms with E-state index in [0.29, 0.717) is 41.5 Å². The Morgan fingerprint density at radius 2 is 2.04 bits per heavy atom. The zero-order valence-electron chi connectivity index (χ0n) is 14.5. The molecular formula is C16H19Cl2IN8. The molecule has 3 N–H and O–H groups in total. The van der Waals surface area contributed by atoms with Gasteiger partial charge in [0.25, 0.3) is 0 Å². The highest BCUT2D eigenvalue weighted by molar-refractivity contribution is 14.0. The number of aromatic nitrogens is 4. The molecule has 3 aromatic heterocycles. The molecule has 0 radical (unpaired) electrons. The predicted octanol–water partition coefficient (Wildman–Crippen LogP) is 2.83. The van der Waals surface area contributed by atoms with E-state index in [-0.39, 0.29) is 24.0 Å². The Morgan fingerprint density at radius 3 is 2.81 bits per heavy atom. The lowest BCUT2D eigenvalue weighted by Crippen LogP contribution is -2.39. The van der Waals surface area contributed by atoms with Gasteiger partial charge < -0.3 is 16.0 Å². The van der Waals surface area contributed by atoms with Crippen LogP contribution in [0, 0.1) is 0 Å². The quantitative estimate of drug-likeness (QED) is 0.200. The lowest BCUT2D eigenvalue weighted by atomic mass is 10.4. The van der Waals surface area contributed by atoms with Crippen molar-refractivity contribution in [3.63, 3.8) is 0 Å². The van der Waals surface area contributed by atoms with Crippen LogP contribution < -0.4 is 16.0 Å². The van der Waals surface area contributed by atoms with Crippen molar-refractivity contribution in [3.05, 3.63) is 52.5 Å². The second-order valence-electron chi connectivity index (χ2n) is 5.31. The molecular weight excluding hydrogens is 502 g/mol. The first kappa shape index (κ1) is 21.5. The van der Waals surface area contributed by atoms with Crippen LogP contribution in [0.3, 0.4) is 0 Å². The van der Waals surface area contributed by atoms with Crippen molar-refractivity contribution in [2.24, 2.45) is 4.99 Å². The van der Waals surface area contributed by atoms with Crippen molar-refractivity contribution < 1.29 is 0 Å². The number of rotatable bonds is 6. The average molecular weight is 521 g/mol. The fourth-order valence-electron chi connectivity index (χ4n) is 2.30. The second kappa shape index (κ2) is 10.5. The third-order valence-electron chi connectivity index (χ3n) is 3.54. The van der Waals surface area contributed by atoms with Gasteiger partial charge in [-0.15, -0.1) is 34.2 Å². The average Bonchev–Trinajstić information content (AvgIpc) is 3.06. The van der Waals surface area contributed by atoms with Gasteiger partial charge in [0.2, 0.25) is 0 Å². The number of nitrogens with zero attached hydrogens (tertiary/aromatic N) is 5. The molecule has 11 heteroatoms. The molecule has 0 atom stereocenters. The van der Waals surface area contributed by atoms with Crippen LogP contribution in [0.1, 0.15) is 5.82 Å². The van der Waals surface area contributed by atoms with E-state index in [2.05, 4.69) is 36.1 Å². The molecule has 0 aliphatic carbocycles.